The minimum absolute atomic E-state index is 0.114. The van der Waals surface area contributed by atoms with E-state index in [1.807, 2.05) is 0 Å². The van der Waals surface area contributed by atoms with Gasteiger partial charge in [0.25, 0.3) is 0 Å². The van der Waals surface area contributed by atoms with Crippen molar-refractivity contribution in [1.29, 1.82) is 0 Å². The molecule has 0 aromatic heterocycles. The van der Waals surface area contributed by atoms with Crippen LogP contribution in [0.3, 0.4) is 0 Å². The summed E-state index contributed by atoms with van der Waals surface area (Å²) in [4.78, 5) is 0. The second-order valence-corrected chi connectivity index (χ2v) is 4.03. The number of rotatable bonds is 2. The zero-order chi connectivity index (χ0) is 10.8. The van der Waals surface area contributed by atoms with Crippen LogP contribution < -0.4 is 10.1 Å². The molecule has 1 N–H and O–H groups in total. The topological polar surface area (TPSA) is 21.3 Å². The molecule has 15 heavy (non-hydrogen) atoms. The van der Waals surface area contributed by atoms with E-state index in [4.69, 9.17) is 16.3 Å². The number of benzene rings is 1. The predicted octanol–water partition coefficient (Wildman–Crippen LogP) is 2.91. The van der Waals surface area contributed by atoms with Crippen LogP contribution in [0.4, 0.5) is 4.39 Å². The lowest BCUT2D eigenvalue weighted by Gasteiger charge is -2.17. The van der Waals surface area contributed by atoms with Crippen LogP contribution in [0, 0.1) is 5.82 Å². The van der Waals surface area contributed by atoms with Crippen LogP contribution in [0.5, 0.6) is 5.75 Å². The van der Waals surface area contributed by atoms with Crippen molar-refractivity contribution in [2.45, 2.75) is 18.9 Å². The van der Waals surface area contributed by atoms with Crippen molar-refractivity contribution in [3.63, 3.8) is 0 Å². The maximum atomic E-state index is 13.5. The Morgan fingerprint density at radius 1 is 1.53 bits per heavy atom. The maximum absolute atomic E-state index is 13.5. The molecule has 0 radical (unpaired) electrons. The fourth-order valence-corrected chi connectivity index (χ4v) is 2.29. The van der Waals surface area contributed by atoms with Crippen LogP contribution in [0.15, 0.2) is 12.1 Å². The largest absolute Gasteiger partial charge is 0.493 e. The third-order valence-corrected chi connectivity index (χ3v) is 3.04. The molecule has 2 nitrogen and oxygen atoms in total. The lowest BCUT2D eigenvalue weighted by Crippen LogP contribution is -2.14. The zero-order valence-corrected chi connectivity index (χ0v) is 9.27. The van der Waals surface area contributed by atoms with Crippen LogP contribution in [0.1, 0.15) is 24.4 Å². The van der Waals surface area contributed by atoms with Gasteiger partial charge >= 0.3 is 0 Å². The summed E-state index contributed by atoms with van der Waals surface area (Å²) in [5.74, 6) is -0.0903. The Hall–Kier alpha value is -0.800. The van der Waals surface area contributed by atoms with E-state index in [1.54, 1.807) is 6.07 Å². The molecule has 2 rings (SSSR count). The van der Waals surface area contributed by atoms with Crippen molar-refractivity contribution in [1.82, 2.24) is 5.32 Å². The lowest BCUT2D eigenvalue weighted by atomic mass is 10.0. The van der Waals surface area contributed by atoms with Crippen molar-refractivity contribution in [2.75, 3.05) is 13.7 Å². The normalized spacial score (nSPS) is 20.6. The van der Waals surface area contributed by atoms with Crippen LogP contribution in [-0.2, 0) is 0 Å². The third kappa shape index (κ3) is 1.94. The van der Waals surface area contributed by atoms with Gasteiger partial charge in [-0.3, -0.25) is 0 Å². The Kier molecular flexibility index (Phi) is 3.12. The molecule has 82 valence electrons. The molecule has 4 heteroatoms. The van der Waals surface area contributed by atoms with Gasteiger partial charge in [-0.1, -0.05) is 11.6 Å². The van der Waals surface area contributed by atoms with E-state index in [0.29, 0.717) is 5.02 Å². The highest BCUT2D eigenvalue weighted by atomic mass is 35.5. The van der Waals surface area contributed by atoms with Gasteiger partial charge in [0.15, 0.2) is 11.6 Å². The van der Waals surface area contributed by atoms with Crippen molar-refractivity contribution in [3.8, 4) is 5.75 Å². The Morgan fingerprint density at radius 2 is 2.33 bits per heavy atom. The van der Waals surface area contributed by atoms with Gasteiger partial charge in [0.05, 0.1) is 7.11 Å². The summed E-state index contributed by atoms with van der Waals surface area (Å²) >= 11 is 6.07. The minimum Gasteiger partial charge on any atom is -0.493 e. The van der Waals surface area contributed by atoms with E-state index >= 15 is 0 Å². The summed E-state index contributed by atoms with van der Waals surface area (Å²) in [6.45, 7) is 0.945. The van der Waals surface area contributed by atoms with E-state index in [9.17, 15) is 4.39 Å². The summed E-state index contributed by atoms with van der Waals surface area (Å²) in [5, 5.41) is 3.85. The molecule has 1 fully saturated rings. The molecule has 1 unspecified atom stereocenters. The number of ether oxygens (including phenoxy) is 1. The Balaban J connectivity index is 2.46. The van der Waals surface area contributed by atoms with Gasteiger partial charge in [0.2, 0.25) is 0 Å². The molecule has 0 bridgehead atoms. The Bertz CT molecular complexity index is 364. The van der Waals surface area contributed by atoms with Crippen molar-refractivity contribution < 1.29 is 9.13 Å². The first-order valence-corrected chi connectivity index (χ1v) is 5.37. The van der Waals surface area contributed by atoms with Gasteiger partial charge in [-0.2, -0.15) is 0 Å². The average Bonchev–Trinajstić information content (AvgIpc) is 2.74. The standard InChI is InChI=1S/C11H13ClFNO/c1-15-11-8(13)5-4-7(12)10(11)9-3-2-6-14-9/h4-5,9,14H,2-3,6H2,1H3. The van der Waals surface area contributed by atoms with Gasteiger partial charge in [-0.25, -0.2) is 4.39 Å². The molecule has 0 amide bonds. The molecular weight excluding hydrogens is 217 g/mol. The van der Waals surface area contributed by atoms with E-state index in [1.165, 1.54) is 13.2 Å². The fraction of sp³-hybridized carbons (Fsp3) is 0.455. The fourth-order valence-electron chi connectivity index (χ4n) is 2.01. The quantitative estimate of drug-likeness (QED) is 0.842. The van der Waals surface area contributed by atoms with Gasteiger partial charge in [-0.15, -0.1) is 0 Å². The van der Waals surface area contributed by atoms with Gasteiger partial charge in [0.1, 0.15) is 0 Å². The highest BCUT2D eigenvalue weighted by Crippen LogP contribution is 2.37. The number of nitrogens with one attached hydrogen (secondary N) is 1. The third-order valence-electron chi connectivity index (χ3n) is 2.71. The van der Waals surface area contributed by atoms with Gasteiger partial charge < -0.3 is 10.1 Å². The second kappa shape index (κ2) is 4.37. The van der Waals surface area contributed by atoms with E-state index in [-0.39, 0.29) is 17.6 Å². The van der Waals surface area contributed by atoms with Crippen molar-refractivity contribution in [3.05, 3.63) is 28.5 Å². The summed E-state index contributed by atoms with van der Waals surface area (Å²) in [6, 6.07) is 3.03. The van der Waals surface area contributed by atoms with Crippen LogP contribution in [0.25, 0.3) is 0 Å². The van der Waals surface area contributed by atoms with Gasteiger partial charge in [0, 0.05) is 16.6 Å². The predicted molar refractivity (Wildman–Crippen MR) is 57.9 cm³/mol. The Morgan fingerprint density at radius 3 is 2.93 bits per heavy atom. The average molecular weight is 230 g/mol. The summed E-state index contributed by atoms with van der Waals surface area (Å²) in [5.41, 5.74) is 0.747. The number of hydrogen-bond acceptors (Lipinski definition) is 2. The van der Waals surface area contributed by atoms with E-state index in [0.717, 1.165) is 24.9 Å². The first kappa shape index (κ1) is 10.7. The zero-order valence-electron chi connectivity index (χ0n) is 8.52. The number of methoxy groups -OCH3 is 1. The van der Waals surface area contributed by atoms with Crippen LogP contribution in [-0.4, -0.2) is 13.7 Å². The molecular formula is C11H13ClFNO. The van der Waals surface area contributed by atoms with E-state index < -0.39 is 0 Å². The highest BCUT2D eigenvalue weighted by Gasteiger charge is 2.24. The number of halogens is 2. The number of hydrogen-bond donors (Lipinski definition) is 1. The smallest absolute Gasteiger partial charge is 0.165 e. The molecule has 0 saturated carbocycles. The first-order valence-electron chi connectivity index (χ1n) is 4.99. The molecule has 1 heterocycles. The van der Waals surface area contributed by atoms with Crippen LogP contribution >= 0.6 is 11.6 Å². The van der Waals surface area contributed by atoms with Crippen molar-refractivity contribution in [2.24, 2.45) is 0 Å². The maximum Gasteiger partial charge on any atom is 0.165 e. The second-order valence-electron chi connectivity index (χ2n) is 3.63. The van der Waals surface area contributed by atoms with Crippen LogP contribution in [0.2, 0.25) is 5.02 Å². The molecule has 1 aromatic carbocycles. The summed E-state index contributed by atoms with van der Waals surface area (Å²) in [7, 11) is 1.47. The lowest BCUT2D eigenvalue weighted by molar-refractivity contribution is 0.376. The molecule has 1 atom stereocenters. The van der Waals surface area contributed by atoms with Gasteiger partial charge in [-0.05, 0) is 31.5 Å². The SMILES string of the molecule is COc1c(F)ccc(Cl)c1C1CCCN1. The van der Waals surface area contributed by atoms with Crippen molar-refractivity contribution >= 4 is 11.6 Å². The highest BCUT2D eigenvalue weighted by molar-refractivity contribution is 6.31. The molecule has 0 aliphatic carbocycles. The summed E-state index contributed by atoms with van der Waals surface area (Å²) < 4.78 is 18.5. The minimum atomic E-state index is -0.356. The molecule has 0 spiro atoms. The molecule has 1 aliphatic rings. The molecule has 1 saturated heterocycles. The first-order chi connectivity index (χ1) is 7.24. The molecule has 1 aromatic rings. The summed E-state index contributed by atoms with van der Waals surface area (Å²) in [6.07, 6.45) is 2.06. The van der Waals surface area contributed by atoms with E-state index in [2.05, 4.69) is 5.32 Å². The Labute approximate surface area is 93.4 Å². The molecule has 1 aliphatic heterocycles. The monoisotopic (exact) mass is 229 g/mol.